The summed E-state index contributed by atoms with van der Waals surface area (Å²) in [4.78, 5) is 123. The van der Waals surface area contributed by atoms with Crippen molar-refractivity contribution in [1.29, 1.82) is 0 Å². The Balaban J connectivity index is 0.000000455. The Bertz CT molecular complexity index is 2800. The van der Waals surface area contributed by atoms with E-state index < -0.39 is 7.82 Å². The zero-order chi connectivity index (χ0) is 59.0. The predicted molar refractivity (Wildman–Crippen MR) is 303 cm³/mol. The summed E-state index contributed by atoms with van der Waals surface area (Å²) in [6, 6.07) is 8.52. The van der Waals surface area contributed by atoms with Gasteiger partial charge < -0.3 is 51.2 Å². The lowest BCUT2D eigenvalue weighted by molar-refractivity contribution is -0.148. The predicted octanol–water partition coefficient (Wildman–Crippen LogP) is 7.32. The van der Waals surface area contributed by atoms with E-state index in [0.717, 1.165) is 21.6 Å². The number of carbonyl (C=O) groups excluding carboxylic acids is 6. The highest BCUT2D eigenvalue weighted by molar-refractivity contribution is 8.79. The van der Waals surface area contributed by atoms with Crippen molar-refractivity contribution in [1.82, 2.24) is 44.6 Å². The molecule has 0 aliphatic rings. The molecule has 3 heterocycles. The van der Waals surface area contributed by atoms with E-state index >= 15 is 0 Å². The van der Waals surface area contributed by atoms with Crippen molar-refractivity contribution in [2.75, 3.05) is 37.0 Å². The maximum absolute atomic E-state index is 12.7. The summed E-state index contributed by atoms with van der Waals surface area (Å²) in [6.07, 6.45) is 7.23. The van der Waals surface area contributed by atoms with E-state index in [9.17, 15) is 33.3 Å². The SMILES string of the molecule is C/C(=C(\CCOC(=O)C(C)C)SS/C(CCOC(=O)C(C)C)=C(/C)N(C=O)Cc1cnc(C)nc1N)N(C=O)Cc1cnc(C)nc1N.C/C(=C(\CCOP(=O)(O)O)SC(=O)c1ccccc1)N(C=O)Cc1cnc(C)nc1N. The van der Waals surface area contributed by atoms with E-state index in [0.29, 0.717) is 93.8 Å². The summed E-state index contributed by atoms with van der Waals surface area (Å²) in [5.41, 5.74) is 21.8. The molecule has 28 heteroatoms. The first-order valence-corrected chi connectivity index (χ1v) is 28.9. The van der Waals surface area contributed by atoms with Crippen molar-refractivity contribution < 1.29 is 57.1 Å². The van der Waals surface area contributed by atoms with Gasteiger partial charge in [-0.2, -0.15) is 0 Å². The van der Waals surface area contributed by atoms with Crippen LogP contribution in [0, 0.1) is 32.6 Å². The number of anilines is 3. The van der Waals surface area contributed by atoms with Crippen LogP contribution in [-0.2, 0) is 62.2 Å². The van der Waals surface area contributed by atoms with Gasteiger partial charge in [-0.1, -0.05) is 79.6 Å². The van der Waals surface area contributed by atoms with Crippen molar-refractivity contribution in [2.24, 2.45) is 11.8 Å². The quantitative estimate of drug-likeness (QED) is 0.0154. The van der Waals surface area contributed by atoms with Crippen molar-refractivity contribution in [3.63, 3.8) is 0 Å². The number of benzene rings is 1. The molecule has 1 aromatic carbocycles. The van der Waals surface area contributed by atoms with E-state index in [-0.39, 0.29) is 92.2 Å². The van der Waals surface area contributed by atoms with Gasteiger partial charge in [-0.15, -0.1) is 0 Å². The third kappa shape index (κ3) is 22.9. The Kier molecular flexibility index (Phi) is 27.8. The Morgan fingerprint density at radius 3 is 1.25 bits per heavy atom. The van der Waals surface area contributed by atoms with E-state index in [1.807, 2.05) is 0 Å². The summed E-state index contributed by atoms with van der Waals surface area (Å²) in [5.74, 6) is 0.986. The number of carbonyl (C=O) groups is 6. The molecular formula is C51H69N12O12PS3. The maximum Gasteiger partial charge on any atom is 0.469 e. The fourth-order valence-electron chi connectivity index (χ4n) is 6.44. The molecule has 0 aliphatic carbocycles. The first-order valence-electron chi connectivity index (χ1n) is 24.4. The van der Waals surface area contributed by atoms with Crippen LogP contribution in [0.4, 0.5) is 17.5 Å². The van der Waals surface area contributed by atoms with Gasteiger partial charge in [0.15, 0.2) is 0 Å². The number of aryl methyl sites for hydroxylation is 3. The minimum Gasteiger partial charge on any atom is -0.465 e. The summed E-state index contributed by atoms with van der Waals surface area (Å²) < 4.78 is 26.5. The summed E-state index contributed by atoms with van der Waals surface area (Å²) >= 11 is 0.862. The molecule has 0 fully saturated rings. The molecule has 0 atom stereocenters. The van der Waals surface area contributed by atoms with Crippen LogP contribution < -0.4 is 17.2 Å². The second-order valence-electron chi connectivity index (χ2n) is 17.8. The van der Waals surface area contributed by atoms with Crippen LogP contribution in [0.1, 0.15) is 112 Å². The van der Waals surface area contributed by atoms with Crippen molar-refractivity contribution in [2.45, 2.75) is 108 Å². The number of esters is 2. The van der Waals surface area contributed by atoms with Gasteiger partial charge in [0.25, 0.3) is 0 Å². The molecule has 0 unspecified atom stereocenters. The number of phosphoric ester groups is 1. The molecule has 3 amide bonds. The lowest BCUT2D eigenvalue weighted by atomic mass is 10.2. The van der Waals surface area contributed by atoms with Crippen LogP contribution in [0.3, 0.4) is 0 Å². The van der Waals surface area contributed by atoms with Crippen LogP contribution in [0.15, 0.2) is 80.7 Å². The van der Waals surface area contributed by atoms with Gasteiger partial charge in [-0.3, -0.25) is 33.3 Å². The normalized spacial score (nSPS) is 12.3. The zero-order valence-electron chi connectivity index (χ0n) is 45.8. The molecule has 428 valence electrons. The smallest absolute Gasteiger partial charge is 0.465 e. The van der Waals surface area contributed by atoms with Gasteiger partial charge in [0.1, 0.15) is 34.9 Å². The molecule has 24 nitrogen and oxygen atoms in total. The molecule has 0 saturated heterocycles. The van der Waals surface area contributed by atoms with Gasteiger partial charge in [0.2, 0.25) is 24.3 Å². The molecule has 8 N–H and O–H groups in total. The Labute approximate surface area is 471 Å². The van der Waals surface area contributed by atoms with Crippen molar-refractivity contribution >= 4 is 94.9 Å². The van der Waals surface area contributed by atoms with Gasteiger partial charge in [-0.25, -0.2) is 34.5 Å². The van der Waals surface area contributed by atoms with E-state index in [2.05, 4.69) is 34.4 Å². The summed E-state index contributed by atoms with van der Waals surface area (Å²) in [6.45, 7) is 17.4. The zero-order valence-corrected chi connectivity index (χ0v) is 49.1. The number of amides is 3. The average Bonchev–Trinajstić information content (AvgIpc) is 3.39. The molecule has 0 saturated carbocycles. The number of nitrogen functional groups attached to an aromatic ring is 3. The number of nitrogens with two attached hydrogens (primary N) is 3. The Morgan fingerprint density at radius 1 is 0.595 bits per heavy atom. The van der Waals surface area contributed by atoms with Crippen LogP contribution in [0.2, 0.25) is 0 Å². The van der Waals surface area contributed by atoms with Crippen molar-refractivity contribution in [3.05, 3.63) is 120 Å². The van der Waals surface area contributed by atoms with Crippen molar-refractivity contribution in [3.8, 4) is 0 Å². The van der Waals surface area contributed by atoms with Gasteiger partial charge in [0.05, 0.1) is 51.3 Å². The number of nitrogens with zero attached hydrogens (tertiary/aromatic N) is 9. The molecule has 4 aromatic rings. The first-order chi connectivity index (χ1) is 37.3. The number of allylic oxidation sites excluding steroid dienone is 3. The highest BCUT2D eigenvalue weighted by atomic mass is 33.1. The number of thioether (sulfide) groups is 1. The highest BCUT2D eigenvalue weighted by Gasteiger charge is 2.23. The number of aromatic nitrogens is 6. The van der Waals surface area contributed by atoms with Gasteiger partial charge in [0, 0.05) is 91.9 Å². The minimum absolute atomic E-state index is 0.00437. The minimum atomic E-state index is -4.67. The maximum atomic E-state index is 12.7. The molecular weight excluding hydrogens is 1100 g/mol. The standard InChI is InChI=1S/C32H46N8O6S2.C19H23N4O6PS/c1-19(2)31(43)45-11-9-27(21(5)39(17-41)15-25-13-35-23(7)37-29(25)33)47-48-28(10-12-46-32(44)20(3)4)22(6)40(18-42)16-26-14-36-24(8)38-30(26)34;1-13(23(12-24)11-16-10-21-14(2)22-18(16)20)17(8-9-29-30(26,27)28)31-19(25)15-6-4-3-5-7-15/h13-14,17-20H,9-12,15-16H2,1-8H3,(H2,33,35,37)(H2,34,36,38);3-7,10,12H,8-9,11H2,1-2H3,(H2,20,21,22)(H2,26,27,28)/b27-21-,28-22-;17-13-. The molecule has 0 spiro atoms. The van der Waals surface area contributed by atoms with Crippen LogP contribution >= 0.6 is 41.2 Å². The molecule has 0 radical (unpaired) electrons. The lowest BCUT2D eigenvalue weighted by Crippen LogP contribution is -2.22. The molecule has 3 aromatic heterocycles. The van der Waals surface area contributed by atoms with Gasteiger partial charge >= 0.3 is 19.8 Å². The monoisotopic (exact) mass is 1170 g/mol. The number of hydrogen-bond acceptors (Lipinski definition) is 22. The fourth-order valence-corrected chi connectivity index (χ4v) is 10.5. The number of rotatable bonds is 29. The number of phosphoric acid groups is 1. The summed E-state index contributed by atoms with van der Waals surface area (Å²) in [7, 11) is -1.99. The second kappa shape index (κ2) is 33.0. The van der Waals surface area contributed by atoms with E-state index in [4.69, 9.17) is 36.5 Å². The third-order valence-electron chi connectivity index (χ3n) is 11.1. The molecule has 0 aliphatic heterocycles. The second-order valence-corrected chi connectivity index (χ2v) is 22.5. The summed E-state index contributed by atoms with van der Waals surface area (Å²) in [5, 5.41) is -0.282. The lowest BCUT2D eigenvalue weighted by Gasteiger charge is -2.24. The van der Waals surface area contributed by atoms with E-state index in [1.54, 1.807) is 112 Å². The van der Waals surface area contributed by atoms with Crippen LogP contribution in [-0.4, -0.2) is 110 Å². The Hall–Kier alpha value is -6.74. The molecule has 79 heavy (non-hydrogen) atoms. The molecule has 4 rings (SSSR count). The number of ether oxygens (including phenoxy) is 2. The third-order valence-corrected chi connectivity index (χ3v) is 15.7. The fraction of sp³-hybridized carbons (Fsp3) is 0.412. The topological polar surface area (TPSA) is 353 Å². The largest absolute Gasteiger partial charge is 0.469 e. The van der Waals surface area contributed by atoms with Crippen LogP contribution in [0.25, 0.3) is 0 Å². The first kappa shape index (κ1) is 66.5. The van der Waals surface area contributed by atoms with E-state index in [1.165, 1.54) is 42.5 Å². The highest BCUT2D eigenvalue weighted by Crippen LogP contribution is 2.43. The average molecular weight is 1170 g/mol. The molecule has 0 bridgehead atoms. The van der Waals surface area contributed by atoms with Crippen LogP contribution in [0.5, 0.6) is 0 Å². The number of hydrogen-bond donors (Lipinski definition) is 5. The van der Waals surface area contributed by atoms with Gasteiger partial charge in [-0.05, 0) is 53.3 Å². The Morgan fingerprint density at radius 2 is 0.937 bits per heavy atom.